The van der Waals surface area contributed by atoms with Crippen molar-refractivity contribution < 1.29 is 0 Å². The van der Waals surface area contributed by atoms with Crippen molar-refractivity contribution in [3.63, 3.8) is 0 Å². The van der Waals surface area contributed by atoms with Crippen LogP contribution in [0.5, 0.6) is 0 Å². The second kappa shape index (κ2) is 2.85. The van der Waals surface area contributed by atoms with E-state index in [1.54, 1.807) is 5.69 Å². The fourth-order valence-corrected chi connectivity index (χ4v) is 3.19. The molecule has 80 valence electrons. The van der Waals surface area contributed by atoms with E-state index in [0.717, 1.165) is 18.5 Å². The van der Waals surface area contributed by atoms with E-state index in [2.05, 4.69) is 20.9 Å². The molecule has 0 N–H and O–H groups in total. The molecule has 1 saturated heterocycles. The summed E-state index contributed by atoms with van der Waals surface area (Å²) in [6.45, 7) is 3.74. The molecule has 15 heavy (non-hydrogen) atoms. The first-order valence-corrected chi connectivity index (χ1v) is 6.20. The minimum absolute atomic E-state index is 0.751. The summed E-state index contributed by atoms with van der Waals surface area (Å²) in [6, 6.07) is 0.751. The first-order chi connectivity index (χ1) is 7.42. The molecule has 3 heteroatoms. The van der Waals surface area contributed by atoms with Crippen molar-refractivity contribution in [2.24, 2.45) is 0 Å². The number of hydrogen-bond acceptors (Lipinski definition) is 2. The van der Waals surface area contributed by atoms with Gasteiger partial charge in [-0.2, -0.15) is 5.10 Å². The van der Waals surface area contributed by atoms with Gasteiger partial charge in [-0.1, -0.05) is 0 Å². The summed E-state index contributed by atoms with van der Waals surface area (Å²) in [5, 5.41) is 4.61. The maximum Gasteiger partial charge on any atom is 0.0538 e. The first kappa shape index (κ1) is 8.34. The molecule has 2 fully saturated rings. The van der Waals surface area contributed by atoms with E-state index in [0.29, 0.717) is 0 Å². The summed E-state index contributed by atoms with van der Waals surface area (Å²) in [5.74, 6) is 0.807. The molecule has 4 aliphatic rings. The number of piperidine rings is 1. The molecule has 0 unspecified atom stereocenters. The summed E-state index contributed by atoms with van der Waals surface area (Å²) in [7, 11) is 0. The van der Waals surface area contributed by atoms with E-state index in [1.165, 1.54) is 44.3 Å². The quantitative estimate of drug-likeness (QED) is 0.695. The van der Waals surface area contributed by atoms with Crippen molar-refractivity contribution in [3.05, 3.63) is 17.5 Å². The molecule has 5 rings (SSSR count). The van der Waals surface area contributed by atoms with Gasteiger partial charge in [0.2, 0.25) is 0 Å². The lowest BCUT2D eigenvalue weighted by atomic mass is 9.94. The lowest BCUT2D eigenvalue weighted by Gasteiger charge is -2.27. The van der Waals surface area contributed by atoms with Crippen molar-refractivity contribution in [3.8, 4) is 0 Å². The van der Waals surface area contributed by atoms with Crippen molar-refractivity contribution in [1.29, 1.82) is 0 Å². The maximum atomic E-state index is 4.61. The molecule has 4 heterocycles. The van der Waals surface area contributed by atoms with E-state index in [4.69, 9.17) is 0 Å². The highest BCUT2D eigenvalue weighted by atomic mass is 15.3. The van der Waals surface area contributed by atoms with Crippen molar-refractivity contribution in [2.45, 2.75) is 44.2 Å². The zero-order valence-corrected chi connectivity index (χ0v) is 9.02. The Labute approximate surface area is 90.1 Å². The standard InChI is InChI=1S/C12H17N3/c1-2-11(1)15-12-9-3-5-14(6-4-9)8-10(12)7-13-15/h7,9,11H,1-6,8H2. The van der Waals surface area contributed by atoms with Crippen LogP contribution < -0.4 is 0 Å². The Hall–Kier alpha value is -0.830. The zero-order chi connectivity index (χ0) is 9.83. The lowest BCUT2D eigenvalue weighted by Crippen LogP contribution is -2.29. The highest BCUT2D eigenvalue weighted by molar-refractivity contribution is 5.26. The third kappa shape index (κ3) is 1.19. The van der Waals surface area contributed by atoms with Crippen molar-refractivity contribution in [1.82, 2.24) is 14.7 Å². The predicted molar refractivity (Wildman–Crippen MR) is 57.8 cm³/mol. The van der Waals surface area contributed by atoms with E-state index in [-0.39, 0.29) is 0 Å². The Bertz CT molecular complexity index is 384. The van der Waals surface area contributed by atoms with Gasteiger partial charge >= 0.3 is 0 Å². The normalized spacial score (nSPS) is 33.9. The molecule has 1 aliphatic carbocycles. The van der Waals surface area contributed by atoms with Gasteiger partial charge in [0.15, 0.2) is 0 Å². The van der Waals surface area contributed by atoms with Crippen LogP contribution in [-0.2, 0) is 6.54 Å². The van der Waals surface area contributed by atoms with Gasteiger partial charge in [-0.25, -0.2) is 0 Å². The topological polar surface area (TPSA) is 21.1 Å². The molecule has 1 saturated carbocycles. The Morgan fingerprint density at radius 2 is 1.93 bits per heavy atom. The summed E-state index contributed by atoms with van der Waals surface area (Å²) in [5.41, 5.74) is 3.11. The Morgan fingerprint density at radius 1 is 1.13 bits per heavy atom. The number of rotatable bonds is 1. The van der Waals surface area contributed by atoms with Crippen LogP contribution in [0.3, 0.4) is 0 Å². The van der Waals surface area contributed by atoms with Crippen LogP contribution in [-0.4, -0.2) is 27.8 Å². The number of hydrogen-bond donors (Lipinski definition) is 0. The molecular formula is C12H17N3. The largest absolute Gasteiger partial charge is 0.299 e. The Kier molecular flexibility index (Phi) is 1.58. The number of nitrogens with zero attached hydrogens (tertiary/aromatic N) is 3. The van der Waals surface area contributed by atoms with Crippen LogP contribution in [0.15, 0.2) is 6.20 Å². The van der Waals surface area contributed by atoms with Gasteiger partial charge < -0.3 is 0 Å². The van der Waals surface area contributed by atoms with Crippen LogP contribution in [0.4, 0.5) is 0 Å². The van der Waals surface area contributed by atoms with E-state index in [1.807, 2.05) is 0 Å². The van der Waals surface area contributed by atoms with Gasteiger partial charge in [0, 0.05) is 23.7 Å². The molecule has 1 aromatic heterocycles. The van der Waals surface area contributed by atoms with Gasteiger partial charge in [-0.3, -0.25) is 9.58 Å². The van der Waals surface area contributed by atoms with Gasteiger partial charge in [0.05, 0.1) is 12.2 Å². The zero-order valence-electron chi connectivity index (χ0n) is 9.02. The van der Waals surface area contributed by atoms with E-state index < -0.39 is 0 Å². The smallest absolute Gasteiger partial charge is 0.0538 e. The van der Waals surface area contributed by atoms with Crippen LogP contribution >= 0.6 is 0 Å². The second-order valence-electron chi connectivity index (χ2n) is 5.28. The predicted octanol–water partition coefficient (Wildman–Crippen LogP) is 1.91. The Morgan fingerprint density at radius 3 is 2.67 bits per heavy atom. The molecule has 0 aromatic carbocycles. The monoisotopic (exact) mass is 203 g/mol. The lowest BCUT2D eigenvalue weighted by molar-refractivity contribution is 0.218. The van der Waals surface area contributed by atoms with Gasteiger partial charge in [-0.05, 0) is 38.8 Å². The molecule has 2 bridgehead atoms. The van der Waals surface area contributed by atoms with E-state index >= 15 is 0 Å². The molecule has 0 radical (unpaired) electrons. The summed E-state index contributed by atoms with van der Waals surface area (Å²) in [6.07, 6.45) is 7.54. The second-order valence-corrected chi connectivity index (χ2v) is 5.28. The number of fused-ring (bicyclic) bond motifs is 2. The van der Waals surface area contributed by atoms with Crippen LogP contribution in [0.25, 0.3) is 0 Å². The fourth-order valence-electron chi connectivity index (χ4n) is 3.19. The average molecular weight is 203 g/mol. The van der Waals surface area contributed by atoms with Crippen LogP contribution in [0, 0.1) is 0 Å². The van der Waals surface area contributed by atoms with Gasteiger partial charge in [-0.15, -0.1) is 0 Å². The minimum Gasteiger partial charge on any atom is -0.299 e. The molecule has 3 nitrogen and oxygen atoms in total. The number of aromatic nitrogens is 2. The molecule has 0 atom stereocenters. The third-order valence-electron chi connectivity index (χ3n) is 4.17. The summed E-state index contributed by atoms with van der Waals surface area (Å²) in [4.78, 5) is 2.58. The highest BCUT2D eigenvalue weighted by Crippen LogP contribution is 2.42. The third-order valence-corrected chi connectivity index (χ3v) is 4.17. The van der Waals surface area contributed by atoms with E-state index in [9.17, 15) is 0 Å². The molecule has 1 aromatic rings. The summed E-state index contributed by atoms with van der Waals surface area (Å²) < 4.78 is 2.36. The fraction of sp³-hybridized carbons (Fsp3) is 0.750. The first-order valence-electron chi connectivity index (χ1n) is 6.20. The van der Waals surface area contributed by atoms with Gasteiger partial charge in [0.1, 0.15) is 0 Å². The summed E-state index contributed by atoms with van der Waals surface area (Å²) >= 11 is 0. The maximum absolute atomic E-state index is 4.61. The van der Waals surface area contributed by atoms with Crippen molar-refractivity contribution >= 4 is 0 Å². The average Bonchev–Trinajstić information content (AvgIpc) is 3.07. The molecule has 3 aliphatic heterocycles. The highest BCUT2D eigenvalue weighted by Gasteiger charge is 2.35. The molecule has 0 amide bonds. The minimum atomic E-state index is 0.751. The molecule has 0 spiro atoms. The Balaban J connectivity index is 1.83. The van der Waals surface area contributed by atoms with Crippen LogP contribution in [0.2, 0.25) is 0 Å². The molecular weight excluding hydrogens is 186 g/mol. The van der Waals surface area contributed by atoms with Gasteiger partial charge in [0.25, 0.3) is 0 Å². The van der Waals surface area contributed by atoms with Crippen LogP contribution in [0.1, 0.15) is 48.9 Å². The van der Waals surface area contributed by atoms with Crippen molar-refractivity contribution in [2.75, 3.05) is 13.1 Å². The SMILES string of the molecule is c1nn(C2CC2)c2c1CN1CCC2CC1.